The highest BCUT2D eigenvalue weighted by Gasteiger charge is 2.53. The van der Waals surface area contributed by atoms with E-state index < -0.39 is 5.60 Å². The molecule has 1 aliphatic heterocycles. The van der Waals surface area contributed by atoms with E-state index in [2.05, 4.69) is 5.32 Å². The highest BCUT2D eigenvalue weighted by atomic mass is 16.5. The maximum atomic E-state index is 12.8. The number of rotatable bonds is 5. The number of urea groups is 1. The van der Waals surface area contributed by atoms with Crippen LogP contribution in [0.4, 0.5) is 4.79 Å². The third-order valence-corrected chi connectivity index (χ3v) is 5.40. The van der Waals surface area contributed by atoms with E-state index in [0.717, 1.165) is 29.7 Å². The van der Waals surface area contributed by atoms with E-state index >= 15 is 0 Å². The van der Waals surface area contributed by atoms with Gasteiger partial charge in [-0.05, 0) is 30.4 Å². The quantitative estimate of drug-likeness (QED) is 0.870. The molecule has 2 N–H and O–H groups in total. The molecule has 4 rings (SSSR count). The number of methoxy groups -OCH3 is 1. The minimum atomic E-state index is -0.677. The largest absolute Gasteiger partial charge is 0.496 e. The summed E-state index contributed by atoms with van der Waals surface area (Å²) in [4.78, 5) is 14.5. The van der Waals surface area contributed by atoms with Crippen LogP contribution >= 0.6 is 0 Å². The number of nitrogens with one attached hydrogen (secondary N) is 1. The molecule has 0 radical (unpaired) electrons. The van der Waals surface area contributed by atoms with E-state index in [0.29, 0.717) is 19.0 Å². The monoisotopic (exact) mass is 352 g/mol. The molecule has 2 aliphatic rings. The van der Waals surface area contributed by atoms with Gasteiger partial charge in [0.2, 0.25) is 0 Å². The molecular formula is C21H24N2O3. The zero-order valence-corrected chi connectivity index (χ0v) is 14.9. The molecule has 1 aliphatic carbocycles. The maximum absolute atomic E-state index is 12.8. The highest BCUT2D eigenvalue weighted by molar-refractivity contribution is 5.77. The Hall–Kier alpha value is -2.53. The number of hydrogen-bond acceptors (Lipinski definition) is 3. The Morgan fingerprint density at radius 2 is 1.81 bits per heavy atom. The number of β-amino-alcohol motifs (C(OH)–C–C–N with tert-alkyl or cyclic N) is 1. The molecule has 0 bridgehead atoms. The summed E-state index contributed by atoms with van der Waals surface area (Å²) in [7, 11) is 1.63. The Morgan fingerprint density at radius 3 is 2.46 bits per heavy atom. The van der Waals surface area contributed by atoms with E-state index in [1.807, 2.05) is 54.6 Å². The van der Waals surface area contributed by atoms with Crippen LogP contribution in [0.25, 0.3) is 0 Å². The molecule has 1 atom stereocenters. The first-order valence-electron chi connectivity index (χ1n) is 9.06. The van der Waals surface area contributed by atoms with Crippen molar-refractivity contribution in [2.75, 3.05) is 20.2 Å². The van der Waals surface area contributed by atoms with Gasteiger partial charge in [-0.3, -0.25) is 0 Å². The molecular weight excluding hydrogens is 328 g/mol. The number of aliphatic hydroxyl groups is 1. The van der Waals surface area contributed by atoms with Crippen LogP contribution < -0.4 is 10.1 Å². The van der Waals surface area contributed by atoms with Crippen LogP contribution in [0.5, 0.6) is 5.75 Å². The predicted octanol–water partition coefficient (Wildman–Crippen LogP) is 2.95. The molecule has 2 fully saturated rings. The second kappa shape index (κ2) is 6.65. The van der Waals surface area contributed by atoms with Crippen molar-refractivity contribution in [1.29, 1.82) is 0 Å². The van der Waals surface area contributed by atoms with E-state index in [1.165, 1.54) is 0 Å². The topological polar surface area (TPSA) is 61.8 Å². The van der Waals surface area contributed by atoms with E-state index in [1.54, 1.807) is 12.0 Å². The van der Waals surface area contributed by atoms with Crippen LogP contribution in [0.2, 0.25) is 0 Å². The fourth-order valence-corrected chi connectivity index (χ4v) is 3.74. The molecule has 2 aromatic carbocycles. The Morgan fingerprint density at radius 1 is 1.15 bits per heavy atom. The number of ether oxygens (including phenoxy) is 1. The van der Waals surface area contributed by atoms with Crippen molar-refractivity contribution in [2.45, 2.75) is 24.5 Å². The molecule has 1 unspecified atom stereocenters. The SMILES string of the molecule is COc1ccccc1C(NC(=O)N1CC(O)(C2CC2)C1)c1ccccc1. The van der Waals surface area contributed by atoms with Gasteiger partial charge in [-0.1, -0.05) is 48.5 Å². The van der Waals surface area contributed by atoms with Crippen molar-refractivity contribution < 1.29 is 14.6 Å². The lowest BCUT2D eigenvalue weighted by Crippen LogP contribution is -2.66. The Labute approximate surface area is 153 Å². The lowest BCUT2D eigenvalue weighted by Gasteiger charge is -2.47. The maximum Gasteiger partial charge on any atom is 0.318 e. The van der Waals surface area contributed by atoms with Gasteiger partial charge in [-0.25, -0.2) is 4.79 Å². The van der Waals surface area contributed by atoms with Crippen LogP contribution in [0.15, 0.2) is 54.6 Å². The first-order valence-corrected chi connectivity index (χ1v) is 9.06. The zero-order chi connectivity index (χ0) is 18.1. The summed E-state index contributed by atoms with van der Waals surface area (Å²) >= 11 is 0. The van der Waals surface area contributed by atoms with Gasteiger partial charge in [0, 0.05) is 5.56 Å². The lowest BCUT2D eigenvalue weighted by molar-refractivity contribution is -0.0920. The average molecular weight is 352 g/mol. The van der Waals surface area contributed by atoms with Crippen molar-refractivity contribution in [3.05, 3.63) is 65.7 Å². The zero-order valence-electron chi connectivity index (χ0n) is 14.9. The van der Waals surface area contributed by atoms with Crippen LogP contribution in [0.1, 0.15) is 30.0 Å². The fraction of sp³-hybridized carbons (Fsp3) is 0.381. The van der Waals surface area contributed by atoms with Crippen LogP contribution in [0.3, 0.4) is 0 Å². The standard InChI is InChI=1S/C21H24N2O3/c1-26-18-10-6-5-9-17(18)19(15-7-3-2-4-8-15)22-20(24)23-13-21(25,14-23)16-11-12-16/h2-10,16,19,25H,11-14H2,1H3,(H,22,24). The average Bonchev–Trinajstić information content (AvgIpc) is 3.49. The van der Waals surface area contributed by atoms with E-state index in [-0.39, 0.29) is 12.1 Å². The van der Waals surface area contributed by atoms with Gasteiger partial charge in [0.05, 0.1) is 26.2 Å². The van der Waals surface area contributed by atoms with Crippen LogP contribution in [0, 0.1) is 5.92 Å². The normalized spacial score (nSPS) is 19.4. The first kappa shape index (κ1) is 16.9. The molecule has 136 valence electrons. The molecule has 2 aromatic rings. The summed E-state index contributed by atoms with van der Waals surface area (Å²) in [6.07, 6.45) is 2.14. The summed E-state index contributed by atoms with van der Waals surface area (Å²) in [6, 6.07) is 17.1. The second-order valence-corrected chi connectivity index (χ2v) is 7.27. The number of para-hydroxylation sites is 1. The molecule has 0 aromatic heterocycles. The van der Waals surface area contributed by atoms with Crippen LogP contribution in [-0.4, -0.2) is 41.8 Å². The number of carbonyl (C=O) groups is 1. The van der Waals surface area contributed by atoms with Gasteiger partial charge >= 0.3 is 6.03 Å². The van der Waals surface area contributed by atoms with Gasteiger partial charge < -0.3 is 20.1 Å². The first-order chi connectivity index (χ1) is 12.6. The van der Waals surface area contributed by atoms with Gasteiger partial charge in [0.25, 0.3) is 0 Å². The molecule has 0 spiro atoms. The van der Waals surface area contributed by atoms with Crippen molar-refractivity contribution in [3.63, 3.8) is 0 Å². The van der Waals surface area contributed by atoms with Gasteiger partial charge in [-0.15, -0.1) is 0 Å². The molecule has 5 nitrogen and oxygen atoms in total. The van der Waals surface area contributed by atoms with Crippen molar-refractivity contribution in [3.8, 4) is 5.75 Å². The number of hydrogen-bond donors (Lipinski definition) is 2. The Kier molecular flexibility index (Phi) is 4.32. The Bertz CT molecular complexity index is 783. The summed E-state index contributed by atoms with van der Waals surface area (Å²) < 4.78 is 5.50. The number of likely N-dealkylation sites (tertiary alicyclic amines) is 1. The molecule has 1 saturated heterocycles. The van der Waals surface area contributed by atoms with Crippen molar-refractivity contribution >= 4 is 6.03 Å². The van der Waals surface area contributed by atoms with Crippen LogP contribution in [-0.2, 0) is 0 Å². The molecule has 5 heteroatoms. The molecule has 2 amide bonds. The number of carbonyl (C=O) groups excluding carboxylic acids is 1. The molecule has 26 heavy (non-hydrogen) atoms. The summed E-state index contributed by atoms with van der Waals surface area (Å²) in [5.74, 6) is 1.10. The van der Waals surface area contributed by atoms with E-state index in [4.69, 9.17) is 4.74 Å². The third kappa shape index (κ3) is 3.15. The number of amides is 2. The minimum absolute atomic E-state index is 0.157. The lowest BCUT2D eigenvalue weighted by atomic mass is 9.89. The molecule has 1 saturated carbocycles. The summed E-state index contributed by atoms with van der Waals surface area (Å²) in [5, 5.41) is 13.6. The molecule has 1 heterocycles. The van der Waals surface area contributed by atoms with Crippen molar-refractivity contribution in [2.24, 2.45) is 5.92 Å². The number of benzene rings is 2. The smallest absolute Gasteiger partial charge is 0.318 e. The third-order valence-electron chi connectivity index (χ3n) is 5.40. The van der Waals surface area contributed by atoms with E-state index in [9.17, 15) is 9.90 Å². The minimum Gasteiger partial charge on any atom is -0.496 e. The van der Waals surface area contributed by atoms with Gasteiger partial charge in [-0.2, -0.15) is 0 Å². The summed E-state index contributed by atoms with van der Waals surface area (Å²) in [5.41, 5.74) is 1.22. The number of nitrogens with zero attached hydrogens (tertiary/aromatic N) is 1. The summed E-state index contributed by atoms with van der Waals surface area (Å²) in [6.45, 7) is 0.827. The fourth-order valence-electron chi connectivity index (χ4n) is 3.74. The predicted molar refractivity (Wildman–Crippen MR) is 99.1 cm³/mol. The highest BCUT2D eigenvalue weighted by Crippen LogP contribution is 2.44. The second-order valence-electron chi connectivity index (χ2n) is 7.27. The van der Waals surface area contributed by atoms with Gasteiger partial charge in [0.15, 0.2) is 0 Å². The Balaban J connectivity index is 1.55. The van der Waals surface area contributed by atoms with Gasteiger partial charge in [0.1, 0.15) is 11.4 Å². The van der Waals surface area contributed by atoms with Crippen molar-refractivity contribution in [1.82, 2.24) is 10.2 Å².